The Hall–Kier alpha value is -0.830. The highest BCUT2D eigenvalue weighted by Crippen LogP contribution is 2.27. The summed E-state index contributed by atoms with van der Waals surface area (Å²) in [5.74, 6) is 1.89. The zero-order chi connectivity index (χ0) is 13.7. The van der Waals surface area contributed by atoms with Crippen molar-refractivity contribution in [1.82, 2.24) is 9.97 Å². The van der Waals surface area contributed by atoms with Crippen LogP contribution in [0.15, 0.2) is 6.07 Å². The van der Waals surface area contributed by atoms with E-state index in [1.807, 2.05) is 6.07 Å². The third kappa shape index (κ3) is 3.82. The molecular formula is C15H24ClN3. The van der Waals surface area contributed by atoms with Crippen LogP contribution < -0.4 is 4.90 Å². The minimum atomic E-state index is 0.572. The lowest BCUT2D eigenvalue weighted by Gasteiger charge is -2.34. The molecule has 0 aliphatic heterocycles. The van der Waals surface area contributed by atoms with Crippen molar-refractivity contribution < 1.29 is 0 Å². The number of rotatable bonds is 5. The summed E-state index contributed by atoms with van der Waals surface area (Å²) in [4.78, 5) is 11.4. The first-order valence-corrected chi connectivity index (χ1v) is 7.92. The lowest BCUT2D eigenvalue weighted by molar-refractivity contribution is 0.416. The Labute approximate surface area is 121 Å². The molecule has 0 unspecified atom stereocenters. The zero-order valence-corrected chi connectivity index (χ0v) is 12.8. The van der Waals surface area contributed by atoms with Crippen molar-refractivity contribution in [2.24, 2.45) is 0 Å². The molecule has 0 aromatic carbocycles. The molecule has 19 heavy (non-hydrogen) atoms. The van der Waals surface area contributed by atoms with Gasteiger partial charge in [-0.25, -0.2) is 9.97 Å². The van der Waals surface area contributed by atoms with Crippen LogP contribution in [0.4, 0.5) is 5.82 Å². The average molecular weight is 282 g/mol. The quantitative estimate of drug-likeness (QED) is 0.756. The van der Waals surface area contributed by atoms with Crippen LogP contribution in [0.2, 0.25) is 5.15 Å². The molecule has 1 aliphatic rings. The van der Waals surface area contributed by atoms with E-state index in [9.17, 15) is 0 Å². The van der Waals surface area contributed by atoms with Crippen molar-refractivity contribution in [3.63, 3.8) is 0 Å². The van der Waals surface area contributed by atoms with Gasteiger partial charge in [0, 0.05) is 25.1 Å². The molecule has 0 radical (unpaired) electrons. The van der Waals surface area contributed by atoms with E-state index >= 15 is 0 Å². The van der Waals surface area contributed by atoms with Crippen LogP contribution in [0.1, 0.15) is 58.2 Å². The van der Waals surface area contributed by atoms with Gasteiger partial charge >= 0.3 is 0 Å². The van der Waals surface area contributed by atoms with Gasteiger partial charge in [0.2, 0.25) is 0 Å². The fourth-order valence-corrected chi connectivity index (χ4v) is 3.13. The number of aryl methyl sites for hydroxylation is 1. The number of aromatic nitrogens is 2. The molecule has 4 heteroatoms. The first kappa shape index (κ1) is 14.6. The van der Waals surface area contributed by atoms with Gasteiger partial charge in [0.15, 0.2) is 0 Å². The standard InChI is InChI=1S/C15H24ClN3/c1-3-8-14-17-13(16)11-15(18-14)19(4-2)12-9-6-5-7-10-12/h11-12H,3-10H2,1-2H3. The van der Waals surface area contributed by atoms with Gasteiger partial charge < -0.3 is 4.90 Å². The van der Waals surface area contributed by atoms with E-state index < -0.39 is 0 Å². The Morgan fingerprint density at radius 2 is 1.95 bits per heavy atom. The van der Waals surface area contributed by atoms with Crippen LogP contribution in [-0.4, -0.2) is 22.6 Å². The van der Waals surface area contributed by atoms with Crippen molar-refractivity contribution in [3.8, 4) is 0 Å². The van der Waals surface area contributed by atoms with Gasteiger partial charge in [-0.3, -0.25) is 0 Å². The van der Waals surface area contributed by atoms with Crippen molar-refractivity contribution in [2.75, 3.05) is 11.4 Å². The van der Waals surface area contributed by atoms with E-state index in [4.69, 9.17) is 16.6 Å². The van der Waals surface area contributed by atoms with E-state index in [-0.39, 0.29) is 0 Å². The molecule has 1 saturated carbocycles. The van der Waals surface area contributed by atoms with E-state index in [0.29, 0.717) is 11.2 Å². The minimum absolute atomic E-state index is 0.572. The summed E-state index contributed by atoms with van der Waals surface area (Å²) >= 11 is 6.15. The Bertz CT molecular complexity index is 402. The maximum Gasteiger partial charge on any atom is 0.134 e. The number of hydrogen-bond donors (Lipinski definition) is 0. The molecular weight excluding hydrogens is 258 g/mol. The normalized spacial score (nSPS) is 16.6. The molecule has 2 rings (SSSR count). The van der Waals surface area contributed by atoms with Crippen LogP contribution in [0.3, 0.4) is 0 Å². The molecule has 0 N–H and O–H groups in total. The summed E-state index contributed by atoms with van der Waals surface area (Å²) in [7, 11) is 0. The minimum Gasteiger partial charge on any atom is -0.354 e. The average Bonchev–Trinajstić information content (AvgIpc) is 2.40. The van der Waals surface area contributed by atoms with Crippen molar-refractivity contribution in [1.29, 1.82) is 0 Å². The highest BCUT2D eigenvalue weighted by atomic mass is 35.5. The van der Waals surface area contributed by atoms with E-state index in [1.165, 1.54) is 32.1 Å². The third-order valence-corrected chi connectivity index (χ3v) is 4.05. The summed E-state index contributed by atoms with van der Waals surface area (Å²) < 4.78 is 0. The topological polar surface area (TPSA) is 29.0 Å². The molecule has 1 heterocycles. The second-order valence-electron chi connectivity index (χ2n) is 5.29. The third-order valence-electron chi connectivity index (χ3n) is 3.85. The summed E-state index contributed by atoms with van der Waals surface area (Å²) in [6, 6.07) is 2.54. The first-order valence-electron chi connectivity index (χ1n) is 7.54. The fourth-order valence-electron chi connectivity index (χ4n) is 2.93. The SMILES string of the molecule is CCCc1nc(Cl)cc(N(CC)C2CCCCC2)n1. The molecule has 3 nitrogen and oxygen atoms in total. The second-order valence-corrected chi connectivity index (χ2v) is 5.68. The Balaban J connectivity index is 2.21. The first-order chi connectivity index (χ1) is 9.24. The van der Waals surface area contributed by atoms with E-state index in [0.717, 1.165) is 31.0 Å². The Kier molecular flexibility index (Phi) is 5.44. The van der Waals surface area contributed by atoms with Gasteiger partial charge in [-0.1, -0.05) is 37.8 Å². The molecule has 0 amide bonds. The Morgan fingerprint density at radius 1 is 1.21 bits per heavy atom. The summed E-state index contributed by atoms with van der Waals surface area (Å²) in [6.45, 7) is 5.33. The van der Waals surface area contributed by atoms with Gasteiger partial charge in [-0.2, -0.15) is 0 Å². The maximum atomic E-state index is 6.15. The monoisotopic (exact) mass is 281 g/mol. The molecule has 1 aliphatic carbocycles. The molecule has 1 fully saturated rings. The van der Waals surface area contributed by atoms with Gasteiger partial charge in [0.05, 0.1) is 0 Å². The van der Waals surface area contributed by atoms with Crippen LogP contribution in [0.5, 0.6) is 0 Å². The lowest BCUT2D eigenvalue weighted by atomic mass is 9.94. The number of halogens is 1. The largest absolute Gasteiger partial charge is 0.354 e. The summed E-state index contributed by atoms with van der Waals surface area (Å²) in [5, 5.41) is 0.572. The predicted molar refractivity (Wildman–Crippen MR) is 80.9 cm³/mol. The van der Waals surface area contributed by atoms with Crippen molar-refractivity contribution in [3.05, 3.63) is 17.0 Å². The highest BCUT2D eigenvalue weighted by molar-refractivity contribution is 6.29. The molecule has 0 spiro atoms. The van der Waals surface area contributed by atoms with Crippen LogP contribution in [0, 0.1) is 0 Å². The van der Waals surface area contributed by atoms with E-state index in [2.05, 4.69) is 23.7 Å². The molecule has 0 saturated heterocycles. The highest BCUT2D eigenvalue weighted by Gasteiger charge is 2.21. The molecule has 0 atom stereocenters. The van der Waals surface area contributed by atoms with Crippen molar-refractivity contribution in [2.45, 2.75) is 64.8 Å². The van der Waals surface area contributed by atoms with Crippen LogP contribution >= 0.6 is 11.6 Å². The number of anilines is 1. The number of nitrogens with zero attached hydrogens (tertiary/aromatic N) is 3. The molecule has 1 aromatic heterocycles. The number of hydrogen-bond acceptors (Lipinski definition) is 3. The molecule has 0 bridgehead atoms. The zero-order valence-electron chi connectivity index (χ0n) is 12.0. The van der Waals surface area contributed by atoms with Gasteiger partial charge in [0.1, 0.15) is 16.8 Å². The smallest absolute Gasteiger partial charge is 0.134 e. The second kappa shape index (κ2) is 7.09. The van der Waals surface area contributed by atoms with E-state index in [1.54, 1.807) is 0 Å². The lowest BCUT2D eigenvalue weighted by Crippen LogP contribution is -2.37. The Morgan fingerprint density at radius 3 is 2.58 bits per heavy atom. The fraction of sp³-hybridized carbons (Fsp3) is 0.733. The van der Waals surface area contributed by atoms with Crippen molar-refractivity contribution >= 4 is 17.4 Å². The molecule has 106 valence electrons. The van der Waals surface area contributed by atoms with Gasteiger partial charge in [-0.15, -0.1) is 0 Å². The molecule has 1 aromatic rings. The summed E-state index contributed by atoms with van der Waals surface area (Å²) in [5.41, 5.74) is 0. The van der Waals surface area contributed by atoms with Crippen LogP contribution in [0.25, 0.3) is 0 Å². The van der Waals surface area contributed by atoms with Gasteiger partial charge in [0.25, 0.3) is 0 Å². The maximum absolute atomic E-state index is 6.15. The summed E-state index contributed by atoms with van der Waals surface area (Å²) in [6.07, 6.45) is 8.55. The predicted octanol–water partition coefficient (Wildman–Crippen LogP) is 4.24. The van der Waals surface area contributed by atoms with Gasteiger partial charge in [-0.05, 0) is 26.2 Å². The van der Waals surface area contributed by atoms with Crippen LogP contribution in [-0.2, 0) is 6.42 Å².